The minimum atomic E-state index is -0.407. The molecule has 112 valence electrons. The largest absolute Gasteiger partial charge is 0.414 e. The average Bonchev–Trinajstić information content (AvgIpc) is 2.90. The van der Waals surface area contributed by atoms with Gasteiger partial charge in [-0.3, -0.25) is 0 Å². The van der Waals surface area contributed by atoms with E-state index in [0.29, 0.717) is 11.4 Å². The lowest BCUT2D eigenvalue weighted by Gasteiger charge is -2.10. The maximum Gasteiger partial charge on any atom is 0.414 e. The molecular formula is C16H16N4O2. The van der Waals surface area contributed by atoms with Crippen molar-refractivity contribution in [3.8, 4) is 17.0 Å². The highest BCUT2D eigenvalue weighted by atomic mass is 16.6. The van der Waals surface area contributed by atoms with Crippen molar-refractivity contribution >= 4 is 17.4 Å². The van der Waals surface area contributed by atoms with Gasteiger partial charge in [-0.2, -0.15) is 0 Å². The van der Waals surface area contributed by atoms with Gasteiger partial charge in [-0.25, -0.2) is 9.78 Å². The van der Waals surface area contributed by atoms with E-state index in [0.717, 1.165) is 16.9 Å². The molecule has 3 rings (SSSR count). The highest BCUT2D eigenvalue weighted by Crippen LogP contribution is 2.23. The van der Waals surface area contributed by atoms with E-state index >= 15 is 0 Å². The summed E-state index contributed by atoms with van der Waals surface area (Å²) in [5.74, 6) is 0.496. The monoisotopic (exact) mass is 296 g/mol. The Kier molecular flexibility index (Phi) is 3.42. The number of pyridine rings is 1. The lowest BCUT2D eigenvalue weighted by atomic mass is 10.2. The van der Waals surface area contributed by atoms with Crippen LogP contribution in [0.1, 0.15) is 0 Å². The minimum absolute atomic E-state index is 0.407. The predicted molar refractivity (Wildman–Crippen MR) is 84.8 cm³/mol. The molecule has 0 aliphatic heterocycles. The lowest BCUT2D eigenvalue weighted by molar-refractivity contribution is 0.172. The summed E-state index contributed by atoms with van der Waals surface area (Å²) in [6.45, 7) is 0. The number of anilines is 1. The maximum atomic E-state index is 11.5. The molecule has 0 fully saturated rings. The first-order valence-electron chi connectivity index (χ1n) is 6.77. The molecule has 2 aromatic heterocycles. The molecule has 1 aromatic carbocycles. The van der Waals surface area contributed by atoms with Crippen molar-refractivity contribution in [3.05, 3.63) is 48.8 Å². The number of ether oxygens (including phenoxy) is 1. The zero-order valence-electron chi connectivity index (χ0n) is 12.4. The summed E-state index contributed by atoms with van der Waals surface area (Å²) >= 11 is 0. The van der Waals surface area contributed by atoms with Crippen molar-refractivity contribution in [3.63, 3.8) is 0 Å². The summed E-state index contributed by atoms with van der Waals surface area (Å²) in [6, 6.07) is 10.9. The molecule has 6 nitrogen and oxygen atoms in total. The van der Waals surface area contributed by atoms with E-state index in [4.69, 9.17) is 10.5 Å². The van der Waals surface area contributed by atoms with Crippen molar-refractivity contribution in [2.45, 2.75) is 0 Å². The Morgan fingerprint density at radius 3 is 2.55 bits per heavy atom. The lowest BCUT2D eigenvalue weighted by Crippen LogP contribution is -2.25. The summed E-state index contributed by atoms with van der Waals surface area (Å²) < 4.78 is 7.07. The fraction of sp³-hybridized carbons (Fsp3) is 0.125. The summed E-state index contributed by atoms with van der Waals surface area (Å²) in [6.07, 6.45) is 3.32. The van der Waals surface area contributed by atoms with Crippen molar-refractivity contribution in [2.75, 3.05) is 19.8 Å². The molecule has 0 saturated heterocycles. The van der Waals surface area contributed by atoms with E-state index in [1.807, 2.05) is 41.1 Å². The molecule has 0 saturated carbocycles. The van der Waals surface area contributed by atoms with Gasteiger partial charge in [-0.05, 0) is 36.4 Å². The van der Waals surface area contributed by atoms with E-state index in [1.165, 1.54) is 4.90 Å². The van der Waals surface area contributed by atoms with Crippen LogP contribution in [-0.2, 0) is 0 Å². The SMILES string of the molecule is CN(C)C(=O)Oc1ccc(-c2cn3cc(N)ccc3n2)cc1. The van der Waals surface area contributed by atoms with Crippen LogP contribution in [0.15, 0.2) is 48.8 Å². The van der Waals surface area contributed by atoms with Crippen LogP contribution in [-0.4, -0.2) is 34.5 Å². The Morgan fingerprint density at radius 1 is 1.14 bits per heavy atom. The first-order valence-corrected chi connectivity index (χ1v) is 6.77. The maximum absolute atomic E-state index is 11.5. The van der Waals surface area contributed by atoms with Gasteiger partial charge in [-0.1, -0.05) is 0 Å². The Bertz CT molecular complexity index is 822. The van der Waals surface area contributed by atoms with Crippen molar-refractivity contribution < 1.29 is 9.53 Å². The van der Waals surface area contributed by atoms with Gasteiger partial charge in [0.15, 0.2) is 0 Å². The Labute approximate surface area is 127 Å². The molecule has 0 radical (unpaired) electrons. The Hall–Kier alpha value is -3.02. The van der Waals surface area contributed by atoms with Crippen LogP contribution < -0.4 is 10.5 Å². The van der Waals surface area contributed by atoms with Crippen molar-refractivity contribution in [1.82, 2.24) is 14.3 Å². The summed E-state index contributed by atoms with van der Waals surface area (Å²) in [7, 11) is 3.28. The van der Waals surface area contributed by atoms with Crippen molar-refractivity contribution in [1.29, 1.82) is 0 Å². The summed E-state index contributed by atoms with van der Waals surface area (Å²) in [5, 5.41) is 0. The average molecular weight is 296 g/mol. The first kappa shape index (κ1) is 13.9. The smallest absolute Gasteiger partial charge is 0.410 e. The van der Waals surface area contributed by atoms with Crippen LogP contribution in [0.5, 0.6) is 5.75 Å². The van der Waals surface area contributed by atoms with Gasteiger partial charge in [0.1, 0.15) is 11.4 Å². The molecule has 1 amide bonds. The van der Waals surface area contributed by atoms with Crippen LogP contribution in [0.3, 0.4) is 0 Å². The molecule has 0 unspecified atom stereocenters. The van der Waals surface area contributed by atoms with Crippen LogP contribution in [0.25, 0.3) is 16.9 Å². The molecule has 0 aliphatic rings. The number of nitrogens with two attached hydrogens (primary N) is 1. The number of nitrogen functional groups attached to an aromatic ring is 1. The van der Waals surface area contributed by atoms with Gasteiger partial charge in [-0.15, -0.1) is 0 Å². The molecule has 0 atom stereocenters. The normalized spacial score (nSPS) is 10.6. The topological polar surface area (TPSA) is 72.9 Å². The predicted octanol–water partition coefficient (Wildman–Crippen LogP) is 2.64. The number of imidazole rings is 1. The van der Waals surface area contributed by atoms with Gasteiger partial charge in [0, 0.05) is 37.7 Å². The molecule has 6 heteroatoms. The van der Waals surface area contributed by atoms with E-state index in [-0.39, 0.29) is 0 Å². The fourth-order valence-electron chi connectivity index (χ4n) is 2.03. The zero-order chi connectivity index (χ0) is 15.7. The van der Waals surface area contributed by atoms with Gasteiger partial charge >= 0.3 is 6.09 Å². The third-order valence-corrected chi connectivity index (χ3v) is 3.19. The van der Waals surface area contributed by atoms with Crippen LogP contribution in [0.4, 0.5) is 10.5 Å². The number of hydrogen-bond acceptors (Lipinski definition) is 4. The molecule has 0 aliphatic carbocycles. The number of rotatable bonds is 2. The molecule has 2 heterocycles. The van der Waals surface area contributed by atoms with Gasteiger partial charge < -0.3 is 19.8 Å². The molecule has 22 heavy (non-hydrogen) atoms. The van der Waals surface area contributed by atoms with Gasteiger partial charge in [0.05, 0.1) is 5.69 Å². The van der Waals surface area contributed by atoms with Crippen LogP contribution in [0.2, 0.25) is 0 Å². The summed E-state index contributed by atoms with van der Waals surface area (Å²) in [4.78, 5) is 17.4. The number of amides is 1. The first-order chi connectivity index (χ1) is 10.5. The molecule has 2 N–H and O–H groups in total. The quantitative estimate of drug-likeness (QED) is 0.789. The third-order valence-electron chi connectivity index (χ3n) is 3.19. The fourth-order valence-corrected chi connectivity index (χ4v) is 2.03. The number of benzene rings is 1. The van der Waals surface area contributed by atoms with Crippen LogP contribution in [0, 0.1) is 0 Å². The Balaban J connectivity index is 1.86. The second kappa shape index (κ2) is 5.40. The number of aromatic nitrogens is 2. The molecular weight excluding hydrogens is 280 g/mol. The highest BCUT2D eigenvalue weighted by Gasteiger charge is 2.08. The second-order valence-corrected chi connectivity index (χ2v) is 5.14. The highest BCUT2D eigenvalue weighted by molar-refractivity contribution is 5.71. The minimum Gasteiger partial charge on any atom is -0.410 e. The number of nitrogens with zero attached hydrogens (tertiary/aromatic N) is 3. The molecule has 3 aromatic rings. The number of carbonyl (C=O) groups excluding carboxylic acids is 1. The van der Waals surface area contributed by atoms with E-state index < -0.39 is 6.09 Å². The number of carbonyl (C=O) groups is 1. The summed E-state index contributed by atoms with van der Waals surface area (Å²) in [5.41, 5.74) is 9.04. The number of fused-ring (bicyclic) bond motifs is 1. The Morgan fingerprint density at radius 2 is 1.86 bits per heavy atom. The second-order valence-electron chi connectivity index (χ2n) is 5.14. The van der Waals surface area contributed by atoms with E-state index in [9.17, 15) is 4.79 Å². The van der Waals surface area contributed by atoms with E-state index in [2.05, 4.69) is 4.98 Å². The van der Waals surface area contributed by atoms with Gasteiger partial charge in [0.2, 0.25) is 0 Å². The third kappa shape index (κ3) is 2.71. The van der Waals surface area contributed by atoms with Crippen molar-refractivity contribution in [2.24, 2.45) is 0 Å². The van der Waals surface area contributed by atoms with Crippen LogP contribution >= 0.6 is 0 Å². The number of hydrogen-bond donors (Lipinski definition) is 1. The standard InChI is InChI=1S/C16H16N4O2/c1-19(2)16(21)22-13-6-3-11(4-7-13)14-10-20-9-12(17)5-8-15(20)18-14/h3-10H,17H2,1-2H3. The molecule has 0 spiro atoms. The molecule has 0 bridgehead atoms. The zero-order valence-corrected chi connectivity index (χ0v) is 12.4. The van der Waals surface area contributed by atoms with E-state index in [1.54, 1.807) is 26.2 Å². The van der Waals surface area contributed by atoms with Gasteiger partial charge in [0.25, 0.3) is 0 Å².